The SMILES string of the molecule is OCc1cc(-c2ccc(OCc3ccccc3)cc2)cc(C(F)(F)F)c1. The fourth-order valence-corrected chi connectivity index (χ4v) is 2.60. The van der Waals surface area contributed by atoms with Crippen LogP contribution >= 0.6 is 0 Å². The zero-order valence-electron chi connectivity index (χ0n) is 13.8. The number of ether oxygens (including phenoxy) is 1. The third-order valence-electron chi connectivity index (χ3n) is 3.94. The molecule has 0 bridgehead atoms. The minimum absolute atomic E-state index is 0.222. The van der Waals surface area contributed by atoms with Crippen LogP contribution in [-0.4, -0.2) is 5.11 Å². The predicted octanol–water partition coefficient (Wildman–Crippen LogP) is 5.44. The van der Waals surface area contributed by atoms with Crippen LogP contribution < -0.4 is 4.74 Å². The molecule has 0 fully saturated rings. The molecule has 3 rings (SSSR count). The van der Waals surface area contributed by atoms with E-state index in [-0.39, 0.29) is 5.56 Å². The van der Waals surface area contributed by atoms with Gasteiger partial charge in [-0.3, -0.25) is 0 Å². The quantitative estimate of drug-likeness (QED) is 0.658. The molecule has 0 heterocycles. The molecule has 2 nitrogen and oxygen atoms in total. The van der Waals surface area contributed by atoms with Crippen molar-refractivity contribution in [1.82, 2.24) is 0 Å². The highest BCUT2D eigenvalue weighted by atomic mass is 19.4. The summed E-state index contributed by atoms with van der Waals surface area (Å²) in [4.78, 5) is 0. The second kappa shape index (κ2) is 7.62. The summed E-state index contributed by atoms with van der Waals surface area (Å²) in [5.41, 5.74) is 1.50. The van der Waals surface area contributed by atoms with Gasteiger partial charge in [-0.1, -0.05) is 42.5 Å². The van der Waals surface area contributed by atoms with Crippen LogP contribution in [0.2, 0.25) is 0 Å². The normalized spacial score (nSPS) is 11.4. The van der Waals surface area contributed by atoms with Crippen LogP contribution in [-0.2, 0) is 19.4 Å². The molecule has 134 valence electrons. The van der Waals surface area contributed by atoms with Gasteiger partial charge in [-0.25, -0.2) is 0 Å². The van der Waals surface area contributed by atoms with Crippen molar-refractivity contribution in [3.63, 3.8) is 0 Å². The fourth-order valence-electron chi connectivity index (χ4n) is 2.60. The van der Waals surface area contributed by atoms with Gasteiger partial charge in [0.15, 0.2) is 0 Å². The van der Waals surface area contributed by atoms with E-state index in [0.29, 0.717) is 23.5 Å². The van der Waals surface area contributed by atoms with E-state index in [1.165, 1.54) is 0 Å². The van der Waals surface area contributed by atoms with Gasteiger partial charge in [0.2, 0.25) is 0 Å². The molecule has 26 heavy (non-hydrogen) atoms. The number of alkyl halides is 3. The van der Waals surface area contributed by atoms with Gasteiger partial charge in [0.05, 0.1) is 12.2 Å². The molecule has 0 unspecified atom stereocenters. The van der Waals surface area contributed by atoms with Crippen molar-refractivity contribution in [3.8, 4) is 16.9 Å². The van der Waals surface area contributed by atoms with Crippen molar-refractivity contribution in [2.45, 2.75) is 19.4 Å². The molecule has 0 saturated heterocycles. The lowest BCUT2D eigenvalue weighted by Gasteiger charge is -2.12. The van der Waals surface area contributed by atoms with Crippen LogP contribution in [0.5, 0.6) is 5.75 Å². The largest absolute Gasteiger partial charge is 0.489 e. The first-order valence-electron chi connectivity index (χ1n) is 8.05. The molecule has 0 aliphatic carbocycles. The van der Waals surface area contributed by atoms with E-state index in [1.54, 1.807) is 30.3 Å². The lowest BCUT2D eigenvalue weighted by atomic mass is 9.99. The Morgan fingerprint density at radius 1 is 0.769 bits per heavy atom. The van der Waals surface area contributed by atoms with Crippen molar-refractivity contribution < 1.29 is 23.0 Å². The Morgan fingerprint density at radius 2 is 1.46 bits per heavy atom. The van der Waals surface area contributed by atoms with Crippen molar-refractivity contribution in [1.29, 1.82) is 0 Å². The number of aliphatic hydroxyl groups excluding tert-OH is 1. The molecule has 3 aromatic rings. The highest BCUT2D eigenvalue weighted by Gasteiger charge is 2.31. The van der Waals surface area contributed by atoms with E-state index in [2.05, 4.69) is 0 Å². The predicted molar refractivity (Wildman–Crippen MR) is 93.6 cm³/mol. The Kier molecular flexibility index (Phi) is 5.28. The number of aliphatic hydroxyl groups is 1. The summed E-state index contributed by atoms with van der Waals surface area (Å²) < 4.78 is 44.8. The van der Waals surface area contributed by atoms with Crippen molar-refractivity contribution in [3.05, 3.63) is 89.5 Å². The summed E-state index contributed by atoms with van der Waals surface area (Å²) in [6.45, 7) is -0.0341. The zero-order valence-corrected chi connectivity index (χ0v) is 13.8. The summed E-state index contributed by atoms with van der Waals surface area (Å²) in [7, 11) is 0. The van der Waals surface area contributed by atoms with Gasteiger partial charge >= 0.3 is 6.18 Å². The van der Waals surface area contributed by atoms with Crippen molar-refractivity contribution in [2.75, 3.05) is 0 Å². The molecule has 0 atom stereocenters. The van der Waals surface area contributed by atoms with Gasteiger partial charge in [-0.2, -0.15) is 13.2 Å². The first kappa shape index (κ1) is 18.0. The average Bonchev–Trinajstić information content (AvgIpc) is 2.66. The number of halogens is 3. The van der Waals surface area contributed by atoms with E-state index >= 15 is 0 Å². The highest BCUT2D eigenvalue weighted by molar-refractivity contribution is 5.66. The number of hydrogen-bond acceptors (Lipinski definition) is 2. The topological polar surface area (TPSA) is 29.5 Å². The smallest absolute Gasteiger partial charge is 0.416 e. The van der Waals surface area contributed by atoms with Gasteiger partial charge in [-0.05, 0) is 52.6 Å². The summed E-state index contributed by atoms with van der Waals surface area (Å²) in [5.74, 6) is 0.631. The van der Waals surface area contributed by atoms with Crippen molar-refractivity contribution in [2.24, 2.45) is 0 Å². The summed E-state index contributed by atoms with van der Waals surface area (Å²) >= 11 is 0. The summed E-state index contributed by atoms with van der Waals surface area (Å²) in [5, 5.41) is 9.23. The third-order valence-corrected chi connectivity index (χ3v) is 3.94. The molecular formula is C21H17F3O2. The van der Waals surface area contributed by atoms with E-state index in [9.17, 15) is 18.3 Å². The van der Waals surface area contributed by atoms with E-state index in [0.717, 1.165) is 17.7 Å². The lowest BCUT2D eigenvalue weighted by molar-refractivity contribution is -0.137. The average molecular weight is 358 g/mol. The molecule has 0 aliphatic heterocycles. The molecule has 3 aromatic carbocycles. The second-order valence-electron chi connectivity index (χ2n) is 5.87. The number of rotatable bonds is 5. The molecule has 0 aliphatic rings. The Bertz CT molecular complexity index is 857. The first-order chi connectivity index (χ1) is 12.5. The number of benzene rings is 3. The standard InChI is InChI=1S/C21H17F3O2/c22-21(23,24)19-11-16(13-25)10-18(12-19)17-6-8-20(9-7-17)26-14-15-4-2-1-3-5-15/h1-12,25H,13-14H2. The zero-order chi connectivity index (χ0) is 18.6. The third kappa shape index (κ3) is 4.43. The molecule has 0 amide bonds. The maximum absolute atomic E-state index is 13.0. The Balaban J connectivity index is 1.80. The van der Waals surface area contributed by atoms with Gasteiger partial charge in [-0.15, -0.1) is 0 Å². The van der Waals surface area contributed by atoms with E-state index < -0.39 is 18.3 Å². The minimum Gasteiger partial charge on any atom is -0.489 e. The van der Waals surface area contributed by atoms with Crippen LogP contribution in [0.3, 0.4) is 0 Å². The molecule has 0 aromatic heterocycles. The molecule has 5 heteroatoms. The fraction of sp³-hybridized carbons (Fsp3) is 0.143. The van der Waals surface area contributed by atoms with Gasteiger partial charge < -0.3 is 9.84 Å². The maximum atomic E-state index is 13.0. The van der Waals surface area contributed by atoms with Crippen LogP contribution in [0.4, 0.5) is 13.2 Å². The highest BCUT2D eigenvalue weighted by Crippen LogP contribution is 2.34. The second-order valence-corrected chi connectivity index (χ2v) is 5.87. The maximum Gasteiger partial charge on any atom is 0.416 e. The van der Waals surface area contributed by atoms with E-state index in [4.69, 9.17) is 4.74 Å². The van der Waals surface area contributed by atoms with Crippen LogP contribution in [0.1, 0.15) is 16.7 Å². The van der Waals surface area contributed by atoms with Crippen molar-refractivity contribution >= 4 is 0 Å². The van der Waals surface area contributed by atoms with Gasteiger partial charge in [0.1, 0.15) is 12.4 Å². The molecule has 0 saturated carbocycles. The Labute approximate surface area is 149 Å². The monoisotopic (exact) mass is 358 g/mol. The van der Waals surface area contributed by atoms with E-state index in [1.807, 2.05) is 30.3 Å². The molecule has 1 N–H and O–H groups in total. The molecule has 0 radical (unpaired) electrons. The molecular weight excluding hydrogens is 341 g/mol. The van der Waals surface area contributed by atoms with Crippen LogP contribution in [0, 0.1) is 0 Å². The summed E-state index contributed by atoms with van der Waals surface area (Å²) in [6.07, 6.45) is -4.46. The number of hydrogen-bond donors (Lipinski definition) is 1. The van der Waals surface area contributed by atoms with Gasteiger partial charge in [0.25, 0.3) is 0 Å². The van der Waals surface area contributed by atoms with Crippen LogP contribution in [0.15, 0.2) is 72.8 Å². The minimum atomic E-state index is -4.46. The lowest BCUT2D eigenvalue weighted by Crippen LogP contribution is -2.06. The van der Waals surface area contributed by atoms with Gasteiger partial charge in [0, 0.05) is 0 Å². The van der Waals surface area contributed by atoms with Crippen LogP contribution in [0.25, 0.3) is 11.1 Å². The molecule has 0 spiro atoms. The summed E-state index contributed by atoms with van der Waals surface area (Å²) in [6, 6.07) is 20.1. The Morgan fingerprint density at radius 3 is 2.08 bits per heavy atom. The first-order valence-corrected chi connectivity index (χ1v) is 8.05. The Hall–Kier alpha value is -2.79.